The zero-order valence-corrected chi connectivity index (χ0v) is 12.6. The molecular formula is C21H14O2. The van der Waals surface area contributed by atoms with Crippen LogP contribution in [-0.2, 0) is 0 Å². The number of hydrogen-bond donors (Lipinski definition) is 1. The second kappa shape index (κ2) is 5.23. The molecule has 0 atom stereocenters. The summed E-state index contributed by atoms with van der Waals surface area (Å²) in [7, 11) is 1.64. The molecule has 2 nitrogen and oxygen atoms in total. The first-order chi connectivity index (χ1) is 11.3. The molecule has 0 heterocycles. The highest BCUT2D eigenvalue weighted by Gasteiger charge is 2.17. The Morgan fingerprint density at radius 1 is 0.870 bits per heavy atom. The smallest absolute Gasteiger partial charge is 0.128 e. The van der Waals surface area contributed by atoms with Gasteiger partial charge >= 0.3 is 0 Å². The maximum atomic E-state index is 10.6. The molecule has 4 aromatic carbocycles. The molecule has 2 heteroatoms. The highest BCUT2D eigenvalue weighted by atomic mass is 16.5. The van der Waals surface area contributed by atoms with E-state index in [1.807, 2.05) is 54.6 Å². The van der Waals surface area contributed by atoms with Crippen molar-refractivity contribution in [3.8, 4) is 22.6 Å². The van der Waals surface area contributed by atoms with Gasteiger partial charge in [0.1, 0.15) is 11.5 Å². The van der Waals surface area contributed by atoms with Crippen molar-refractivity contribution in [2.45, 2.75) is 0 Å². The van der Waals surface area contributed by atoms with Gasteiger partial charge in [-0.05, 0) is 46.5 Å². The van der Waals surface area contributed by atoms with Gasteiger partial charge in [0.05, 0.1) is 7.11 Å². The summed E-state index contributed by atoms with van der Waals surface area (Å²) in [5.74, 6) is 0.937. The average Bonchev–Trinajstić information content (AvgIpc) is 2.61. The van der Waals surface area contributed by atoms with Crippen LogP contribution in [0.2, 0.25) is 0 Å². The first-order valence-electron chi connectivity index (χ1n) is 7.40. The van der Waals surface area contributed by atoms with Gasteiger partial charge in [0, 0.05) is 16.5 Å². The molecule has 1 N–H and O–H groups in total. The normalized spacial score (nSPS) is 10.7. The van der Waals surface area contributed by atoms with E-state index in [-0.39, 0.29) is 5.75 Å². The molecular weight excluding hydrogens is 284 g/mol. The zero-order chi connectivity index (χ0) is 15.8. The fourth-order valence-corrected chi connectivity index (χ4v) is 3.06. The van der Waals surface area contributed by atoms with E-state index in [0.29, 0.717) is 5.75 Å². The number of methoxy groups -OCH3 is 1. The predicted molar refractivity (Wildman–Crippen MR) is 92.8 cm³/mol. The molecule has 23 heavy (non-hydrogen) atoms. The van der Waals surface area contributed by atoms with Crippen LogP contribution in [0.3, 0.4) is 0 Å². The SMILES string of the molecule is COc1ccc2ccc#cc2c1-c1c(O)ccc2ccccc12. The number of aromatic hydroxyl groups is 1. The van der Waals surface area contributed by atoms with Gasteiger partial charge in [-0.3, -0.25) is 0 Å². The fourth-order valence-electron chi connectivity index (χ4n) is 3.06. The van der Waals surface area contributed by atoms with Gasteiger partial charge in [-0.15, -0.1) is 0 Å². The van der Waals surface area contributed by atoms with Crippen LogP contribution in [0.5, 0.6) is 11.5 Å². The van der Waals surface area contributed by atoms with E-state index in [1.165, 1.54) is 0 Å². The summed E-state index contributed by atoms with van der Waals surface area (Å²) in [6.07, 6.45) is 0. The second-order valence-corrected chi connectivity index (χ2v) is 5.39. The lowest BCUT2D eigenvalue weighted by atomic mass is 9.93. The highest BCUT2D eigenvalue weighted by molar-refractivity contribution is 6.09. The van der Waals surface area contributed by atoms with Gasteiger partial charge in [0.2, 0.25) is 0 Å². The maximum absolute atomic E-state index is 10.6. The Kier molecular flexibility index (Phi) is 3.06. The third kappa shape index (κ3) is 2.06. The molecule has 4 aromatic rings. The molecule has 0 spiro atoms. The molecule has 0 amide bonds. The highest BCUT2D eigenvalue weighted by Crippen LogP contribution is 2.44. The molecule has 110 valence electrons. The Balaban J connectivity index is 2.21. The van der Waals surface area contributed by atoms with Gasteiger partial charge in [-0.1, -0.05) is 42.5 Å². The van der Waals surface area contributed by atoms with E-state index in [9.17, 15) is 5.11 Å². The number of benzene rings is 3. The number of rotatable bonds is 2. The number of hydrogen-bond acceptors (Lipinski definition) is 2. The molecule has 4 rings (SSSR count). The van der Waals surface area contributed by atoms with E-state index in [1.54, 1.807) is 13.2 Å². The minimum atomic E-state index is 0.228. The molecule has 0 aliphatic carbocycles. The Hall–Kier alpha value is -3.18. The third-order valence-electron chi connectivity index (χ3n) is 4.12. The van der Waals surface area contributed by atoms with Crippen molar-refractivity contribution in [2.24, 2.45) is 0 Å². The average molecular weight is 298 g/mol. The molecule has 0 saturated heterocycles. The van der Waals surface area contributed by atoms with Crippen LogP contribution < -0.4 is 4.74 Å². The third-order valence-corrected chi connectivity index (χ3v) is 4.12. The van der Waals surface area contributed by atoms with E-state index in [0.717, 1.165) is 32.7 Å². The van der Waals surface area contributed by atoms with E-state index in [2.05, 4.69) is 12.1 Å². The van der Waals surface area contributed by atoms with Crippen molar-refractivity contribution in [3.63, 3.8) is 0 Å². The van der Waals surface area contributed by atoms with Crippen LogP contribution in [0.15, 0.2) is 60.7 Å². The van der Waals surface area contributed by atoms with Crippen LogP contribution >= 0.6 is 0 Å². The minimum absolute atomic E-state index is 0.228. The van der Waals surface area contributed by atoms with Crippen LogP contribution in [0.1, 0.15) is 0 Å². The summed E-state index contributed by atoms with van der Waals surface area (Å²) in [5.41, 5.74) is 1.61. The molecule has 0 radical (unpaired) electrons. The molecule has 0 aliphatic rings. The first kappa shape index (κ1) is 13.5. The predicted octanol–water partition coefficient (Wildman–Crippen LogP) is 4.97. The largest absolute Gasteiger partial charge is 0.507 e. The molecule has 0 fully saturated rings. The number of phenols is 1. The van der Waals surface area contributed by atoms with Gasteiger partial charge in [-0.2, -0.15) is 0 Å². The molecule has 0 saturated carbocycles. The van der Waals surface area contributed by atoms with Crippen LogP contribution in [0.4, 0.5) is 0 Å². The van der Waals surface area contributed by atoms with Crippen LogP contribution in [-0.4, -0.2) is 12.2 Å². The molecule has 0 aliphatic heterocycles. The van der Waals surface area contributed by atoms with Gasteiger partial charge in [0.25, 0.3) is 0 Å². The Bertz CT molecular complexity index is 1020. The number of phenolic OH excluding ortho intramolecular Hbond substituents is 1. The number of fused-ring (bicyclic) bond motifs is 2. The van der Waals surface area contributed by atoms with Crippen LogP contribution in [0, 0.1) is 12.1 Å². The fraction of sp³-hybridized carbons (Fsp3) is 0.0476. The van der Waals surface area contributed by atoms with E-state index >= 15 is 0 Å². The lowest BCUT2D eigenvalue weighted by Crippen LogP contribution is -1.91. The van der Waals surface area contributed by atoms with Crippen molar-refractivity contribution in [1.29, 1.82) is 0 Å². The quantitative estimate of drug-likeness (QED) is 0.566. The van der Waals surface area contributed by atoms with Crippen molar-refractivity contribution in [2.75, 3.05) is 7.11 Å². The standard InChI is InChI=1S/C21H14O2/c1-23-19-13-11-15-7-3-5-9-17(15)21(19)20-16-8-4-2-6-14(16)10-12-18(20)22/h2-4,6-8,10-13,22H,1H3. The summed E-state index contributed by atoms with van der Waals surface area (Å²) in [4.78, 5) is 0. The topological polar surface area (TPSA) is 29.5 Å². The summed E-state index contributed by atoms with van der Waals surface area (Å²) in [5, 5.41) is 14.5. The molecule has 0 aromatic heterocycles. The summed E-state index contributed by atoms with van der Waals surface area (Å²) >= 11 is 0. The second-order valence-electron chi connectivity index (χ2n) is 5.39. The maximum Gasteiger partial charge on any atom is 0.128 e. The van der Waals surface area contributed by atoms with Crippen LogP contribution in [0.25, 0.3) is 32.7 Å². The van der Waals surface area contributed by atoms with E-state index < -0.39 is 0 Å². The van der Waals surface area contributed by atoms with Crippen molar-refractivity contribution in [1.82, 2.24) is 0 Å². The van der Waals surface area contributed by atoms with Crippen molar-refractivity contribution >= 4 is 21.5 Å². The number of ether oxygens (including phenoxy) is 1. The lowest BCUT2D eigenvalue weighted by Gasteiger charge is -2.15. The minimum Gasteiger partial charge on any atom is -0.507 e. The lowest BCUT2D eigenvalue weighted by molar-refractivity contribution is 0.416. The Morgan fingerprint density at radius 2 is 1.70 bits per heavy atom. The van der Waals surface area contributed by atoms with Gasteiger partial charge in [-0.25, -0.2) is 0 Å². The van der Waals surface area contributed by atoms with Crippen molar-refractivity contribution < 1.29 is 9.84 Å². The molecule has 0 bridgehead atoms. The Labute approximate surface area is 134 Å². The van der Waals surface area contributed by atoms with Gasteiger partial charge in [0.15, 0.2) is 0 Å². The molecule has 0 unspecified atom stereocenters. The summed E-state index contributed by atoms with van der Waals surface area (Å²) in [6.45, 7) is 0. The Morgan fingerprint density at radius 3 is 2.57 bits per heavy atom. The summed E-state index contributed by atoms with van der Waals surface area (Å²) < 4.78 is 5.57. The zero-order valence-electron chi connectivity index (χ0n) is 12.6. The van der Waals surface area contributed by atoms with E-state index in [4.69, 9.17) is 4.74 Å². The first-order valence-corrected chi connectivity index (χ1v) is 7.40. The van der Waals surface area contributed by atoms with Gasteiger partial charge < -0.3 is 9.84 Å². The van der Waals surface area contributed by atoms with Crippen molar-refractivity contribution in [3.05, 3.63) is 72.8 Å². The summed E-state index contributed by atoms with van der Waals surface area (Å²) in [6, 6.07) is 25.5. The monoisotopic (exact) mass is 298 g/mol.